The molecule has 1 aliphatic rings. The molecule has 6 heavy (non-hydrogen) atoms. The van der Waals surface area contributed by atoms with Gasteiger partial charge in [0, 0.05) is 6.21 Å². The molecule has 0 atom stereocenters. The van der Waals surface area contributed by atoms with Gasteiger partial charge in [0.1, 0.15) is 0 Å². The van der Waals surface area contributed by atoms with E-state index in [0.717, 1.165) is 0 Å². The van der Waals surface area contributed by atoms with Crippen LogP contribution in [-0.4, -0.2) is 6.21 Å². The van der Waals surface area contributed by atoms with Crippen molar-refractivity contribution in [2.75, 3.05) is 0 Å². The molecule has 0 unspecified atom stereocenters. The van der Waals surface area contributed by atoms with Crippen molar-refractivity contribution in [1.29, 1.82) is 0 Å². The van der Waals surface area contributed by atoms with Gasteiger partial charge in [0.15, 0.2) is 5.88 Å². The van der Waals surface area contributed by atoms with E-state index in [1.807, 2.05) is 11.5 Å². The van der Waals surface area contributed by atoms with Crippen LogP contribution in [0.1, 0.15) is 0 Å². The fourth-order valence-corrected chi connectivity index (χ4v) is 0.540. The highest BCUT2D eigenvalue weighted by atomic mass is 32.2. The van der Waals surface area contributed by atoms with Gasteiger partial charge in [0.05, 0.1) is 0 Å². The molecular weight excluding hydrogens is 94.1 g/mol. The van der Waals surface area contributed by atoms with Gasteiger partial charge in [-0.3, -0.25) is 4.99 Å². The van der Waals surface area contributed by atoms with Gasteiger partial charge in [0.2, 0.25) is 0 Å². The molecule has 1 rings (SSSR count). The van der Waals surface area contributed by atoms with Gasteiger partial charge in [-0.25, -0.2) is 0 Å². The second-order valence-corrected chi connectivity index (χ2v) is 1.51. The summed E-state index contributed by atoms with van der Waals surface area (Å²) in [5.74, 6) is 2.68. The van der Waals surface area contributed by atoms with Crippen molar-refractivity contribution in [1.82, 2.24) is 0 Å². The maximum atomic E-state index is 3.68. The minimum atomic E-state index is 1.47. The maximum absolute atomic E-state index is 3.68. The first-order valence-corrected chi connectivity index (χ1v) is 2.47. The van der Waals surface area contributed by atoms with Crippen LogP contribution in [-0.2, 0) is 0 Å². The van der Waals surface area contributed by atoms with Crippen molar-refractivity contribution < 1.29 is 0 Å². The number of hydrogen-bond acceptors (Lipinski definition) is 2. The average Bonchev–Trinajstić information content (AvgIpc) is 1.72. The van der Waals surface area contributed by atoms with Crippen LogP contribution >= 0.6 is 11.8 Å². The highest BCUT2D eigenvalue weighted by molar-refractivity contribution is 8.04. The molecule has 0 aromatic heterocycles. The summed E-state index contributed by atoms with van der Waals surface area (Å²) in [6.07, 6.45) is 3.58. The van der Waals surface area contributed by atoms with Crippen LogP contribution in [0.25, 0.3) is 0 Å². The summed E-state index contributed by atoms with van der Waals surface area (Å²) in [6, 6.07) is 0. The third-order valence-corrected chi connectivity index (χ3v) is 0.917. The molecule has 0 bridgehead atoms. The SMILES string of the molecule is [C]1N=CC=CS1. The van der Waals surface area contributed by atoms with Gasteiger partial charge in [-0.05, 0) is 11.5 Å². The summed E-state index contributed by atoms with van der Waals surface area (Å²) >= 11 is 1.47. The lowest BCUT2D eigenvalue weighted by molar-refractivity contribution is 1.57. The fourth-order valence-electron chi connectivity index (χ4n) is 0.209. The topological polar surface area (TPSA) is 12.4 Å². The quantitative estimate of drug-likeness (QED) is 0.444. The molecule has 0 saturated carbocycles. The normalized spacial score (nSPS) is 18.7. The Morgan fingerprint density at radius 3 is 2.83 bits per heavy atom. The second-order valence-electron chi connectivity index (χ2n) is 0.816. The van der Waals surface area contributed by atoms with E-state index in [-0.39, 0.29) is 0 Å². The summed E-state index contributed by atoms with van der Waals surface area (Å²) in [6.45, 7) is 0. The van der Waals surface area contributed by atoms with Crippen LogP contribution in [0.2, 0.25) is 0 Å². The van der Waals surface area contributed by atoms with Gasteiger partial charge in [-0.1, -0.05) is 11.8 Å². The number of aliphatic imine (C=N–C) groups is 1. The zero-order chi connectivity index (χ0) is 4.24. The molecule has 2 heteroatoms. The van der Waals surface area contributed by atoms with Crippen LogP contribution in [0.3, 0.4) is 0 Å². The molecule has 1 nitrogen and oxygen atoms in total. The van der Waals surface area contributed by atoms with E-state index in [1.54, 1.807) is 6.21 Å². The zero-order valence-corrected chi connectivity index (χ0v) is 3.90. The first kappa shape index (κ1) is 3.93. The van der Waals surface area contributed by atoms with Crippen LogP contribution in [0.5, 0.6) is 0 Å². The first-order valence-electron chi connectivity index (χ1n) is 1.59. The van der Waals surface area contributed by atoms with E-state index < -0.39 is 0 Å². The Bertz CT molecular complexity index is 73.5. The third-order valence-electron chi connectivity index (χ3n) is 0.413. The molecule has 30 valence electrons. The molecule has 0 aliphatic carbocycles. The van der Waals surface area contributed by atoms with E-state index >= 15 is 0 Å². The minimum absolute atomic E-state index is 1.47. The lowest BCUT2D eigenvalue weighted by Gasteiger charge is -1.86. The average molecular weight is 97.1 g/mol. The Morgan fingerprint density at radius 1 is 1.67 bits per heavy atom. The number of nitrogens with zero attached hydrogens (tertiary/aromatic N) is 1. The molecule has 0 fully saturated rings. The third kappa shape index (κ3) is 0.863. The summed E-state index contributed by atoms with van der Waals surface area (Å²) in [5.41, 5.74) is 0. The van der Waals surface area contributed by atoms with E-state index in [0.29, 0.717) is 0 Å². The Labute approximate surface area is 41.2 Å². The van der Waals surface area contributed by atoms with E-state index in [9.17, 15) is 0 Å². The molecule has 0 spiro atoms. The lowest BCUT2D eigenvalue weighted by Crippen LogP contribution is -1.67. The Balaban J connectivity index is 2.46. The Hall–Kier alpha value is -0.240. The number of rotatable bonds is 0. The van der Waals surface area contributed by atoms with E-state index in [1.165, 1.54) is 11.8 Å². The highest BCUT2D eigenvalue weighted by Crippen LogP contribution is 2.09. The maximum Gasteiger partial charge on any atom is 0.186 e. The van der Waals surface area contributed by atoms with Crippen molar-refractivity contribution in [2.24, 2.45) is 4.99 Å². The monoisotopic (exact) mass is 97.0 g/mol. The largest absolute Gasteiger partial charge is 0.268 e. The summed E-state index contributed by atoms with van der Waals surface area (Å²) in [4.78, 5) is 3.68. The highest BCUT2D eigenvalue weighted by Gasteiger charge is 1.81. The predicted octanol–water partition coefficient (Wildman–Crippen LogP) is 1.31. The summed E-state index contributed by atoms with van der Waals surface area (Å²) in [7, 11) is 0. The fraction of sp³-hybridized carbons (Fsp3) is 0. The van der Waals surface area contributed by atoms with Gasteiger partial charge >= 0.3 is 0 Å². The standard InChI is InChI=1S/C4H3NS/c1-2-5-4-6-3-1/h1-3H. The summed E-state index contributed by atoms with van der Waals surface area (Å²) < 4.78 is 0. The van der Waals surface area contributed by atoms with Crippen molar-refractivity contribution >= 4 is 18.0 Å². The summed E-state index contributed by atoms with van der Waals surface area (Å²) in [5, 5.41) is 1.92. The van der Waals surface area contributed by atoms with Gasteiger partial charge in [-0.15, -0.1) is 0 Å². The number of hydrogen-bond donors (Lipinski definition) is 0. The van der Waals surface area contributed by atoms with Crippen LogP contribution in [0, 0.1) is 5.88 Å². The zero-order valence-electron chi connectivity index (χ0n) is 3.09. The van der Waals surface area contributed by atoms with Gasteiger partial charge in [-0.2, -0.15) is 0 Å². The van der Waals surface area contributed by atoms with E-state index in [4.69, 9.17) is 0 Å². The molecule has 0 saturated heterocycles. The van der Waals surface area contributed by atoms with Crippen molar-refractivity contribution in [3.8, 4) is 0 Å². The molecule has 0 N–H and O–H groups in total. The van der Waals surface area contributed by atoms with Gasteiger partial charge < -0.3 is 0 Å². The Morgan fingerprint density at radius 2 is 2.67 bits per heavy atom. The van der Waals surface area contributed by atoms with Crippen LogP contribution in [0.15, 0.2) is 16.5 Å². The van der Waals surface area contributed by atoms with E-state index in [2.05, 4.69) is 10.9 Å². The Kier molecular flexibility index (Phi) is 1.33. The second kappa shape index (κ2) is 2.03. The minimum Gasteiger partial charge on any atom is -0.268 e. The molecule has 0 amide bonds. The predicted molar refractivity (Wildman–Crippen MR) is 28.5 cm³/mol. The van der Waals surface area contributed by atoms with Crippen molar-refractivity contribution in [3.63, 3.8) is 0 Å². The molecule has 2 radical (unpaired) electrons. The molecular formula is C4H3NS. The number of allylic oxidation sites excluding steroid dienone is 1. The number of thioether (sulfide) groups is 1. The molecule has 0 aromatic carbocycles. The first-order chi connectivity index (χ1) is 3.00. The van der Waals surface area contributed by atoms with Crippen molar-refractivity contribution in [2.45, 2.75) is 0 Å². The molecule has 0 aromatic rings. The van der Waals surface area contributed by atoms with Crippen LogP contribution < -0.4 is 0 Å². The van der Waals surface area contributed by atoms with Gasteiger partial charge in [0.25, 0.3) is 0 Å². The molecule has 1 aliphatic heterocycles. The lowest BCUT2D eigenvalue weighted by atomic mass is 10.7. The van der Waals surface area contributed by atoms with Crippen LogP contribution in [0.4, 0.5) is 0 Å². The molecule has 1 heterocycles. The van der Waals surface area contributed by atoms with Crippen molar-refractivity contribution in [3.05, 3.63) is 17.4 Å². The smallest absolute Gasteiger partial charge is 0.186 e.